The Balaban J connectivity index is 0.00000341. The molecule has 7 heteroatoms. The van der Waals surface area contributed by atoms with E-state index in [4.69, 9.17) is 10.1 Å². The highest BCUT2D eigenvalue weighted by molar-refractivity contribution is 14.0. The summed E-state index contributed by atoms with van der Waals surface area (Å²) in [6.07, 6.45) is 7.05. The maximum Gasteiger partial charge on any atom is 0.191 e. The molecule has 0 aliphatic heterocycles. The lowest BCUT2D eigenvalue weighted by molar-refractivity contribution is 0.131. The summed E-state index contributed by atoms with van der Waals surface area (Å²) in [4.78, 5) is 4.87. The number of hydrogen-bond acceptors (Lipinski definition) is 3. The molecule has 1 aromatic heterocycles. The van der Waals surface area contributed by atoms with Crippen molar-refractivity contribution in [1.29, 1.82) is 0 Å². The average molecular weight is 540 g/mol. The quantitative estimate of drug-likeness (QED) is 0.263. The number of aliphatic imine (C=N–C) groups is 1. The molecule has 0 amide bonds. The van der Waals surface area contributed by atoms with Crippen LogP contribution in [0.2, 0.25) is 0 Å². The van der Waals surface area contributed by atoms with Crippen molar-refractivity contribution >= 4 is 29.9 Å². The van der Waals surface area contributed by atoms with Gasteiger partial charge in [-0.15, -0.1) is 24.0 Å². The number of aryl methyl sites for hydroxylation is 1. The molecule has 1 saturated carbocycles. The average Bonchev–Trinajstić information content (AvgIpc) is 3.05. The second-order valence-corrected chi connectivity index (χ2v) is 8.48. The molecule has 3 N–H and O–H groups in total. The molecular weight excluding hydrogens is 501 g/mol. The normalized spacial score (nSPS) is 15.9. The number of aliphatic hydroxyl groups is 1. The van der Waals surface area contributed by atoms with Crippen LogP contribution in [0.4, 0.5) is 0 Å². The molecule has 1 fully saturated rings. The van der Waals surface area contributed by atoms with E-state index in [0.29, 0.717) is 6.54 Å². The van der Waals surface area contributed by atoms with Gasteiger partial charge in [0.2, 0.25) is 0 Å². The number of guanidine groups is 1. The summed E-state index contributed by atoms with van der Waals surface area (Å²) >= 11 is 0. The number of rotatable bonds is 8. The Labute approximate surface area is 203 Å². The Kier molecular flexibility index (Phi) is 10.3. The monoisotopic (exact) mass is 539 g/mol. The molecule has 0 bridgehead atoms. The summed E-state index contributed by atoms with van der Waals surface area (Å²) in [6, 6.07) is 10.2. The zero-order valence-electron chi connectivity index (χ0n) is 19.2. The van der Waals surface area contributed by atoms with Crippen molar-refractivity contribution in [2.75, 3.05) is 19.7 Å². The molecule has 0 saturated heterocycles. The van der Waals surface area contributed by atoms with Gasteiger partial charge in [-0.05, 0) is 57.6 Å². The Morgan fingerprint density at radius 1 is 1.13 bits per heavy atom. The van der Waals surface area contributed by atoms with Gasteiger partial charge < -0.3 is 15.7 Å². The predicted octanol–water partition coefficient (Wildman–Crippen LogP) is 4.50. The Morgan fingerprint density at radius 2 is 1.84 bits per heavy atom. The fraction of sp³-hybridized carbons (Fsp3) is 0.583. The van der Waals surface area contributed by atoms with Crippen LogP contribution in [-0.4, -0.2) is 40.5 Å². The molecule has 1 heterocycles. The number of nitrogens with zero attached hydrogens (tertiary/aromatic N) is 3. The lowest BCUT2D eigenvalue weighted by Gasteiger charge is -2.37. The van der Waals surface area contributed by atoms with Crippen LogP contribution >= 0.6 is 24.0 Å². The second kappa shape index (κ2) is 12.4. The van der Waals surface area contributed by atoms with Crippen LogP contribution in [0.3, 0.4) is 0 Å². The van der Waals surface area contributed by atoms with Gasteiger partial charge in [0.05, 0.1) is 17.9 Å². The third kappa shape index (κ3) is 6.68. The first-order valence-corrected chi connectivity index (χ1v) is 11.3. The van der Waals surface area contributed by atoms with E-state index in [9.17, 15) is 5.11 Å². The molecule has 0 unspecified atom stereocenters. The van der Waals surface area contributed by atoms with Gasteiger partial charge in [0.15, 0.2) is 5.96 Å². The summed E-state index contributed by atoms with van der Waals surface area (Å²) in [5, 5.41) is 21.3. The first-order chi connectivity index (χ1) is 14.6. The minimum Gasteiger partial charge on any atom is -0.396 e. The number of para-hydroxylation sites is 1. The Hall–Kier alpha value is -1.61. The van der Waals surface area contributed by atoms with Crippen molar-refractivity contribution in [2.45, 2.75) is 65.8 Å². The number of hydrogen-bond donors (Lipinski definition) is 3. The molecule has 172 valence electrons. The highest BCUT2D eigenvalue weighted by Gasteiger charge is 2.31. The molecule has 1 aliphatic carbocycles. The van der Waals surface area contributed by atoms with Gasteiger partial charge in [0, 0.05) is 31.0 Å². The number of aliphatic hydroxyl groups excluding tert-OH is 1. The zero-order chi connectivity index (χ0) is 21.4. The minimum absolute atomic E-state index is 0. The van der Waals surface area contributed by atoms with Crippen LogP contribution < -0.4 is 10.6 Å². The molecule has 0 atom stereocenters. The van der Waals surface area contributed by atoms with E-state index in [1.54, 1.807) is 0 Å². The fourth-order valence-corrected chi connectivity index (χ4v) is 4.55. The molecular formula is C24H38IN5O. The standard InChI is InChI=1S/C24H37N5O.HI/c1-4-25-23(27-18-24(15-16-30)13-9-6-10-14-24)26-17-22-19(2)28-29(20(22)3)21-11-7-5-8-12-21;/h5,7-8,11-12,30H,4,6,9-10,13-18H2,1-3H3,(H2,25,26,27);1H. The molecule has 6 nitrogen and oxygen atoms in total. The third-order valence-electron chi connectivity index (χ3n) is 6.37. The van der Waals surface area contributed by atoms with E-state index in [2.05, 4.69) is 43.5 Å². The number of aromatic nitrogens is 2. The summed E-state index contributed by atoms with van der Waals surface area (Å²) in [6.45, 7) is 8.78. The van der Waals surface area contributed by atoms with Gasteiger partial charge in [-0.3, -0.25) is 0 Å². The van der Waals surface area contributed by atoms with Crippen molar-refractivity contribution in [1.82, 2.24) is 20.4 Å². The number of nitrogens with one attached hydrogen (secondary N) is 2. The van der Waals surface area contributed by atoms with E-state index in [0.717, 1.165) is 42.5 Å². The van der Waals surface area contributed by atoms with Gasteiger partial charge in [0.1, 0.15) is 0 Å². The van der Waals surface area contributed by atoms with Crippen molar-refractivity contribution in [3.8, 4) is 5.69 Å². The van der Waals surface area contributed by atoms with Crippen molar-refractivity contribution in [2.24, 2.45) is 10.4 Å². The molecule has 2 aromatic rings. The van der Waals surface area contributed by atoms with Crippen LogP contribution in [0.1, 0.15) is 62.4 Å². The smallest absolute Gasteiger partial charge is 0.191 e. The SMILES string of the molecule is CCNC(=NCc1c(C)nn(-c2ccccc2)c1C)NCC1(CCO)CCCCC1.I. The number of benzene rings is 1. The largest absolute Gasteiger partial charge is 0.396 e. The first kappa shape index (κ1) is 25.6. The third-order valence-corrected chi connectivity index (χ3v) is 6.37. The predicted molar refractivity (Wildman–Crippen MR) is 138 cm³/mol. The lowest BCUT2D eigenvalue weighted by atomic mass is 9.72. The summed E-state index contributed by atoms with van der Waals surface area (Å²) in [5.41, 5.74) is 4.57. The lowest BCUT2D eigenvalue weighted by Crippen LogP contribution is -2.45. The summed E-state index contributed by atoms with van der Waals surface area (Å²) in [7, 11) is 0. The first-order valence-electron chi connectivity index (χ1n) is 11.3. The Bertz CT molecular complexity index is 822. The van der Waals surface area contributed by atoms with E-state index in [1.807, 2.05) is 22.9 Å². The van der Waals surface area contributed by atoms with Gasteiger partial charge in [-0.2, -0.15) is 5.10 Å². The van der Waals surface area contributed by atoms with Gasteiger partial charge in [0.25, 0.3) is 0 Å². The van der Waals surface area contributed by atoms with Gasteiger partial charge in [-0.1, -0.05) is 37.5 Å². The molecule has 1 aliphatic rings. The van der Waals surface area contributed by atoms with Crippen LogP contribution in [0.5, 0.6) is 0 Å². The van der Waals surface area contributed by atoms with Crippen molar-refractivity contribution in [3.05, 3.63) is 47.3 Å². The molecule has 3 rings (SSSR count). The fourth-order valence-electron chi connectivity index (χ4n) is 4.55. The Morgan fingerprint density at radius 3 is 2.48 bits per heavy atom. The highest BCUT2D eigenvalue weighted by Crippen LogP contribution is 2.38. The van der Waals surface area contributed by atoms with Gasteiger partial charge >= 0.3 is 0 Å². The van der Waals surface area contributed by atoms with E-state index in [1.165, 1.54) is 37.7 Å². The van der Waals surface area contributed by atoms with E-state index < -0.39 is 0 Å². The van der Waals surface area contributed by atoms with Crippen LogP contribution in [-0.2, 0) is 6.54 Å². The van der Waals surface area contributed by atoms with E-state index >= 15 is 0 Å². The molecule has 31 heavy (non-hydrogen) atoms. The number of halogens is 1. The van der Waals surface area contributed by atoms with E-state index in [-0.39, 0.29) is 36.0 Å². The molecule has 0 spiro atoms. The molecule has 1 aromatic carbocycles. The van der Waals surface area contributed by atoms with Crippen LogP contribution in [0, 0.1) is 19.3 Å². The topological polar surface area (TPSA) is 74.5 Å². The maximum absolute atomic E-state index is 9.58. The molecule has 0 radical (unpaired) electrons. The van der Waals surface area contributed by atoms with Crippen LogP contribution in [0.15, 0.2) is 35.3 Å². The zero-order valence-corrected chi connectivity index (χ0v) is 21.5. The second-order valence-electron chi connectivity index (χ2n) is 8.48. The maximum atomic E-state index is 9.58. The highest BCUT2D eigenvalue weighted by atomic mass is 127. The van der Waals surface area contributed by atoms with Crippen molar-refractivity contribution < 1.29 is 5.11 Å². The van der Waals surface area contributed by atoms with Gasteiger partial charge in [-0.25, -0.2) is 9.67 Å². The summed E-state index contributed by atoms with van der Waals surface area (Å²) < 4.78 is 2.00. The van der Waals surface area contributed by atoms with Crippen molar-refractivity contribution in [3.63, 3.8) is 0 Å². The van der Waals surface area contributed by atoms with Crippen LogP contribution in [0.25, 0.3) is 5.69 Å². The summed E-state index contributed by atoms with van der Waals surface area (Å²) in [5.74, 6) is 0.839. The minimum atomic E-state index is 0.